The molecule has 0 atom stereocenters. The SMILES string of the molecule is Cc1cc(C)n(-c2ccc(=O)n(CC3CN(c4cnccn4)C3)n2)n1. The van der Waals surface area contributed by atoms with Crippen molar-refractivity contribution in [2.24, 2.45) is 5.92 Å². The maximum Gasteiger partial charge on any atom is 0.266 e. The quantitative estimate of drug-likeness (QED) is 0.706. The van der Waals surface area contributed by atoms with E-state index in [-0.39, 0.29) is 5.56 Å². The molecule has 0 spiro atoms. The first kappa shape index (κ1) is 15.5. The van der Waals surface area contributed by atoms with E-state index in [1.165, 1.54) is 4.68 Å². The van der Waals surface area contributed by atoms with Gasteiger partial charge in [-0.25, -0.2) is 14.3 Å². The van der Waals surface area contributed by atoms with Crippen LogP contribution in [-0.4, -0.2) is 42.6 Å². The molecular weight excluding hydrogens is 318 g/mol. The van der Waals surface area contributed by atoms with Crippen molar-refractivity contribution in [2.45, 2.75) is 20.4 Å². The van der Waals surface area contributed by atoms with E-state index >= 15 is 0 Å². The molecule has 0 aliphatic carbocycles. The molecule has 0 amide bonds. The summed E-state index contributed by atoms with van der Waals surface area (Å²) in [6, 6.07) is 5.25. The van der Waals surface area contributed by atoms with Gasteiger partial charge in [0.1, 0.15) is 5.82 Å². The maximum absolute atomic E-state index is 12.2. The Bertz CT molecular complexity index is 941. The van der Waals surface area contributed by atoms with E-state index in [4.69, 9.17) is 0 Å². The molecule has 1 aliphatic rings. The van der Waals surface area contributed by atoms with E-state index in [0.29, 0.717) is 18.3 Å². The minimum absolute atomic E-state index is 0.0942. The molecule has 1 aliphatic heterocycles. The van der Waals surface area contributed by atoms with Gasteiger partial charge in [-0.2, -0.15) is 5.10 Å². The Labute approximate surface area is 144 Å². The molecule has 3 aromatic rings. The van der Waals surface area contributed by atoms with Crippen LogP contribution in [0.1, 0.15) is 11.4 Å². The van der Waals surface area contributed by atoms with E-state index in [9.17, 15) is 4.79 Å². The Hall–Kier alpha value is -3.03. The zero-order valence-electron chi connectivity index (χ0n) is 14.2. The highest BCUT2D eigenvalue weighted by Crippen LogP contribution is 2.22. The summed E-state index contributed by atoms with van der Waals surface area (Å²) in [4.78, 5) is 22.7. The zero-order valence-corrected chi connectivity index (χ0v) is 14.2. The first-order valence-corrected chi connectivity index (χ1v) is 8.23. The molecule has 4 heterocycles. The van der Waals surface area contributed by atoms with Crippen LogP contribution < -0.4 is 10.5 Å². The molecule has 0 radical (unpaired) electrons. The predicted molar refractivity (Wildman–Crippen MR) is 92.8 cm³/mol. The fraction of sp³-hybridized carbons (Fsp3) is 0.353. The summed E-state index contributed by atoms with van der Waals surface area (Å²) < 4.78 is 3.29. The molecule has 0 unspecified atom stereocenters. The summed E-state index contributed by atoms with van der Waals surface area (Å²) >= 11 is 0. The monoisotopic (exact) mass is 337 g/mol. The van der Waals surface area contributed by atoms with E-state index < -0.39 is 0 Å². The Balaban J connectivity index is 1.49. The van der Waals surface area contributed by atoms with Crippen molar-refractivity contribution in [1.82, 2.24) is 29.5 Å². The van der Waals surface area contributed by atoms with Crippen molar-refractivity contribution in [1.29, 1.82) is 0 Å². The van der Waals surface area contributed by atoms with Crippen LogP contribution in [0.15, 0.2) is 41.6 Å². The first-order chi connectivity index (χ1) is 12.1. The molecule has 0 saturated carbocycles. The van der Waals surface area contributed by atoms with Crippen LogP contribution in [0, 0.1) is 19.8 Å². The van der Waals surface area contributed by atoms with Gasteiger partial charge < -0.3 is 4.90 Å². The number of hydrogen-bond acceptors (Lipinski definition) is 6. The van der Waals surface area contributed by atoms with Gasteiger partial charge in [-0.15, -0.1) is 5.10 Å². The van der Waals surface area contributed by atoms with Crippen LogP contribution in [0.5, 0.6) is 0 Å². The van der Waals surface area contributed by atoms with E-state index in [1.54, 1.807) is 35.4 Å². The lowest BCUT2D eigenvalue weighted by atomic mass is 10.0. The Morgan fingerprint density at radius 2 is 1.96 bits per heavy atom. The average Bonchev–Trinajstić information content (AvgIpc) is 2.91. The summed E-state index contributed by atoms with van der Waals surface area (Å²) in [7, 11) is 0. The van der Waals surface area contributed by atoms with Crippen molar-refractivity contribution >= 4 is 5.82 Å². The largest absolute Gasteiger partial charge is 0.355 e. The Kier molecular flexibility index (Phi) is 3.79. The van der Waals surface area contributed by atoms with Gasteiger partial charge in [-0.3, -0.25) is 9.78 Å². The molecule has 0 bridgehead atoms. The zero-order chi connectivity index (χ0) is 17.4. The minimum Gasteiger partial charge on any atom is -0.355 e. The molecule has 3 aromatic heterocycles. The second kappa shape index (κ2) is 6.12. The van der Waals surface area contributed by atoms with Crippen molar-refractivity contribution in [2.75, 3.05) is 18.0 Å². The van der Waals surface area contributed by atoms with Gasteiger partial charge in [0.2, 0.25) is 0 Å². The molecule has 1 fully saturated rings. The lowest BCUT2D eigenvalue weighted by Crippen LogP contribution is -2.50. The predicted octanol–water partition coefficient (Wildman–Crippen LogP) is 0.972. The first-order valence-electron chi connectivity index (χ1n) is 8.23. The van der Waals surface area contributed by atoms with Crippen LogP contribution in [0.4, 0.5) is 5.82 Å². The Morgan fingerprint density at radius 1 is 1.12 bits per heavy atom. The van der Waals surface area contributed by atoms with Gasteiger partial charge in [0.15, 0.2) is 5.82 Å². The second-order valence-electron chi connectivity index (χ2n) is 6.39. The molecule has 0 N–H and O–H groups in total. The van der Waals surface area contributed by atoms with Crippen molar-refractivity contribution < 1.29 is 0 Å². The summed E-state index contributed by atoms with van der Waals surface area (Å²) in [6.07, 6.45) is 5.10. The highest BCUT2D eigenvalue weighted by atomic mass is 16.1. The number of aromatic nitrogens is 6. The standard InChI is InChI=1S/C17H19N7O/c1-12-7-13(2)24(20-12)15-3-4-17(25)23(21-15)11-14-9-22(10-14)16-8-18-5-6-19-16/h3-8,14H,9-11H2,1-2H3. The van der Waals surface area contributed by atoms with Crippen LogP contribution in [0.3, 0.4) is 0 Å². The van der Waals surface area contributed by atoms with Gasteiger partial charge in [0.05, 0.1) is 18.4 Å². The second-order valence-corrected chi connectivity index (χ2v) is 6.39. The van der Waals surface area contributed by atoms with Gasteiger partial charge in [0.25, 0.3) is 5.56 Å². The smallest absolute Gasteiger partial charge is 0.266 e. The van der Waals surface area contributed by atoms with E-state index in [0.717, 1.165) is 30.3 Å². The van der Waals surface area contributed by atoms with Gasteiger partial charge in [-0.1, -0.05) is 0 Å². The van der Waals surface area contributed by atoms with Crippen LogP contribution in [0.2, 0.25) is 0 Å². The molecule has 0 aromatic carbocycles. The summed E-state index contributed by atoms with van der Waals surface area (Å²) in [5.41, 5.74) is 1.83. The molecular formula is C17H19N7O. The average molecular weight is 337 g/mol. The molecule has 8 nitrogen and oxygen atoms in total. The summed E-state index contributed by atoms with van der Waals surface area (Å²) in [5, 5.41) is 8.93. The lowest BCUT2D eigenvalue weighted by molar-refractivity contribution is 0.332. The van der Waals surface area contributed by atoms with Crippen LogP contribution >= 0.6 is 0 Å². The summed E-state index contributed by atoms with van der Waals surface area (Å²) in [6.45, 7) is 6.19. The highest BCUT2D eigenvalue weighted by molar-refractivity contribution is 5.38. The van der Waals surface area contributed by atoms with E-state index in [2.05, 4.69) is 25.1 Å². The number of nitrogens with zero attached hydrogens (tertiary/aromatic N) is 7. The fourth-order valence-electron chi connectivity index (χ4n) is 3.11. The third kappa shape index (κ3) is 3.02. The highest BCUT2D eigenvalue weighted by Gasteiger charge is 2.28. The van der Waals surface area contributed by atoms with Crippen molar-refractivity contribution in [3.8, 4) is 5.82 Å². The van der Waals surface area contributed by atoms with Crippen molar-refractivity contribution in [3.63, 3.8) is 0 Å². The minimum atomic E-state index is -0.0942. The maximum atomic E-state index is 12.2. The van der Waals surface area contributed by atoms with E-state index in [1.807, 2.05) is 19.9 Å². The summed E-state index contributed by atoms with van der Waals surface area (Å²) in [5.74, 6) is 1.90. The molecule has 128 valence electrons. The number of rotatable bonds is 4. The topological polar surface area (TPSA) is 81.7 Å². The van der Waals surface area contributed by atoms with Crippen LogP contribution in [0.25, 0.3) is 5.82 Å². The molecule has 4 rings (SSSR count). The Morgan fingerprint density at radius 3 is 2.64 bits per heavy atom. The van der Waals surface area contributed by atoms with Gasteiger partial charge in [0, 0.05) is 43.2 Å². The molecule has 8 heteroatoms. The molecule has 25 heavy (non-hydrogen) atoms. The fourth-order valence-corrected chi connectivity index (χ4v) is 3.11. The molecule has 1 saturated heterocycles. The number of hydrogen-bond donors (Lipinski definition) is 0. The number of aryl methyl sites for hydroxylation is 2. The van der Waals surface area contributed by atoms with Crippen LogP contribution in [-0.2, 0) is 6.54 Å². The lowest BCUT2D eigenvalue weighted by Gasteiger charge is -2.39. The van der Waals surface area contributed by atoms with Gasteiger partial charge >= 0.3 is 0 Å². The van der Waals surface area contributed by atoms with Crippen molar-refractivity contribution in [3.05, 3.63) is 58.5 Å². The van der Waals surface area contributed by atoms with Gasteiger partial charge in [-0.05, 0) is 26.0 Å². The number of anilines is 1. The normalized spacial score (nSPS) is 14.6. The third-order valence-electron chi connectivity index (χ3n) is 4.34. The third-order valence-corrected chi connectivity index (χ3v) is 4.34.